The number of thioether (sulfide) groups is 2. The molecule has 0 saturated carbocycles. The van der Waals surface area contributed by atoms with Crippen LogP contribution in [0.5, 0.6) is 5.88 Å². The van der Waals surface area contributed by atoms with E-state index in [-0.39, 0.29) is 6.10 Å². The summed E-state index contributed by atoms with van der Waals surface area (Å²) >= 11 is 4.06. The van der Waals surface area contributed by atoms with Crippen LogP contribution in [0.4, 0.5) is 5.82 Å². The van der Waals surface area contributed by atoms with Crippen LogP contribution in [0, 0.1) is 0 Å². The maximum atomic E-state index is 5.52. The Morgan fingerprint density at radius 1 is 1.44 bits per heavy atom. The first kappa shape index (κ1) is 13.8. The first-order chi connectivity index (χ1) is 8.74. The van der Waals surface area contributed by atoms with Crippen molar-refractivity contribution in [2.24, 2.45) is 0 Å². The van der Waals surface area contributed by atoms with Gasteiger partial charge >= 0.3 is 0 Å². The van der Waals surface area contributed by atoms with Gasteiger partial charge in [-0.1, -0.05) is 0 Å². The molecule has 1 atom stereocenters. The third-order valence-corrected chi connectivity index (χ3v) is 5.21. The Bertz CT molecular complexity index is 370. The van der Waals surface area contributed by atoms with Crippen LogP contribution in [-0.2, 0) is 0 Å². The molecule has 2 rings (SSSR count). The van der Waals surface area contributed by atoms with Crippen LogP contribution in [-0.4, -0.2) is 45.1 Å². The molecule has 4 nitrogen and oxygen atoms in total. The Kier molecular flexibility index (Phi) is 5.44. The molecule has 0 amide bonds. The van der Waals surface area contributed by atoms with E-state index in [0.717, 1.165) is 12.4 Å². The minimum Gasteiger partial charge on any atom is -0.474 e. The third-order valence-electron chi connectivity index (χ3n) is 2.36. The maximum Gasteiger partial charge on any atom is 0.234 e. The highest BCUT2D eigenvalue weighted by atomic mass is 32.2. The van der Waals surface area contributed by atoms with Crippen LogP contribution in [0.1, 0.15) is 13.8 Å². The van der Waals surface area contributed by atoms with Gasteiger partial charge in [0.1, 0.15) is 5.82 Å². The molecule has 1 N–H and O–H groups in total. The van der Waals surface area contributed by atoms with Crippen LogP contribution >= 0.6 is 23.5 Å². The number of hydrogen-bond acceptors (Lipinski definition) is 6. The minimum atomic E-state index is 0.125. The molecule has 0 aromatic carbocycles. The summed E-state index contributed by atoms with van der Waals surface area (Å²) in [6.45, 7) is 4.91. The van der Waals surface area contributed by atoms with Gasteiger partial charge in [-0.05, 0) is 13.8 Å². The smallest absolute Gasteiger partial charge is 0.234 e. The number of aromatic nitrogens is 2. The second kappa shape index (κ2) is 7.09. The highest BCUT2D eigenvalue weighted by Crippen LogP contribution is 2.24. The lowest BCUT2D eigenvalue weighted by molar-refractivity contribution is 0.232. The number of hydrogen-bond donors (Lipinski definition) is 1. The fourth-order valence-electron chi connectivity index (χ4n) is 1.60. The summed E-state index contributed by atoms with van der Waals surface area (Å²) in [4.78, 5) is 8.52. The van der Waals surface area contributed by atoms with Gasteiger partial charge in [0, 0.05) is 29.1 Å². The lowest BCUT2D eigenvalue weighted by Gasteiger charge is -2.21. The molecule has 1 aliphatic heterocycles. The molecular weight excluding hydrogens is 266 g/mol. The average molecular weight is 285 g/mol. The Balaban J connectivity index is 1.84. The zero-order chi connectivity index (χ0) is 12.8. The fourth-order valence-corrected chi connectivity index (χ4v) is 4.22. The highest BCUT2D eigenvalue weighted by Gasteiger charge is 2.14. The van der Waals surface area contributed by atoms with Crippen molar-refractivity contribution in [1.82, 2.24) is 9.97 Å². The van der Waals surface area contributed by atoms with Crippen LogP contribution in [0.15, 0.2) is 12.4 Å². The molecule has 0 bridgehead atoms. The van der Waals surface area contributed by atoms with E-state index in [4.69, 9.17) is 4.74 Å². The van der Waals surface area contributed by atoms with Crippen molar-refractivity contribution in [2.45, 2.75) is 25.2 Å². The normalized spacial score (nSPS) is 19.8. The topological polar surface area (TPSA) is 47.0 Å². The molecule has 18 heavy (non-hydrogen) atoms. The van der Waals surface area contributed by atoms with Gasteiger partial charge in [0.15, 0.2) is 0 Å². The molecule has 2 heterocycles. The maximum absolute atomic E-state index is 5.52. The monoisotopic (exact) mass is 285 g/mol. The van der Waals surface area contributed by atoms with Crippen molar-refractivity contribution in [2.75, 3.05) is 29.1 Å². The second-order valence-corrected chi connectivity index (χ2v) is 6.92. The van der Waals surface area contributed by atoms with Crippen molar-refractivity contribution >= 4 is 29.3 Å². The van der Waals surface area contributed by atoms with Gasteiger partial charge in [0.05, 0.1) is 18.5 Å². The van der Waals surface area contributed by atoms with Crippen LogP contribution in [0.3, 0.4) is 0 Å². The van der Waals surface area contributed by atoms with Crippen molar-refractivity contribution in [3.63, 3.8) is 0 Å². The quantitative estimate of drug-likeness (QED) is 0.897. The molecule has 1 fully saturated rings. The summed E-state index contributed by atoms with van der Waals surface area (Å²) in [7, 11) is 0. The van der Waals surface area contributed by atoms with Gasteiger partial charge < -0.3 is 10.1 Å². The molecule has 100 valence electrons. The molecule has 6 heteroatoms. The SMILES string of the molecule is CC(C)Oc1cncc(NCC2CSCCS2)n1. The Morgan fingerprint density at radius 2 is 2.33 bits per heavy atom. The molecule has 0 radical (unpaired) electrons. The number of ether oxygens (including phenoxy) is 1. The first-order valence-electron chi connectivity index (χ1n) is 6.16. The van der Waals surface area contributed by atoms with Crippen LogP contribution in [0.25, 0.3) is 0 Å². The molecule has 0 aliphatic carbocycles. The Hall–Kier alpha value is -0.620. The van der Waals surface area contributed by atoms with E-state index in [9.17, 15) is 0 Å². The molecule has 1 aliphatic rings. The van der Waals surface area contributed by atoms with E-state index in [1.807, 2.05) is 37.4 Å². The Morgan fingerprint density at radius 3 is 3.06 bits per heavy atom. The highest BCUT2D eigenvalue weighted by molar-refractivity contribution is 8.06. The van der Waals surface area contributed by atoms with E-state index in [2.05, 4.69) is 15.3 Å². The van der Waals surface area contributed by atoms with Gasteiger partial charge in [-0.15, -0.1) is 0 Å². The zero-order valence-electron chi connectivity index (χ0n) is 10.8. The standard InChI is InChI=1S/C12H19N3OS2/c1-9(2)16-12-7-13-6-11(15-12)14-5-10-8-17-3-4-18-10/h6-7,9-10H,3-5,8H2,1-2H3,(H,14,15). The van der Waals surface area contributed by atoms with Gasteiger partial charge in [0.2, 0.25) is 5.88 Å². The first-order valence-corrected chi connectivity index (χ1v) is 8.36. The lowest BCUT2D eigenvalue weighted by Crippen LogP contribution is -2.23. The predicted molar refractivity (Wildman–Crippen MR) is 79.9 cm³/mol. The predicted octanol–water partition coefficient (Wildman–Crippen LogP) is 2.52. The van der Waals surface area contributed by atoms with Crippen LogP contribution in [0.2, 0.25) is 0 Å². The second-order valence-electron chi connectivity index (χ2n) is 4.36. The molecule has 1 aromatic rings. The van der Waals surface area contributed by atoms with Gasteiger partial charge in [-0.25, -0.2) is 0 Å². The molecule has 1 saturated heterocycles. The van der Waals surface area contributed by atoms with E-state index in [1.54, 1.807) is 12.4 Å². The van der Waals surface area contributed by atoms with Crippen molar-refractivity contribution in [3.05, 3.63) is 12.4 Å². The van der Waals surface area contributed by atoms with E-state index in [1.165, 1.54) is 17.3 Å². The van der Waals surface area contributed by atoms with Crippen molar-refractivity contribution in [3.8, 4) is 5.88 Å². The molecular formula is C12H19N3OS2. The fraction of sp³-hybridized carbons (Fsp3) is 0.667. The third kappa shape index (κ3) is 4.57. The summed E-state index contributed by atoms with van der Waals surface area (Å²) in [5.41, 5.74) is 0. The molecule has 0 spiro atoms. The largest absolute Gasteiger partial charge is 0.474 e. The Labute approximate surface area is 117 Å². The van der Waals surface area contributed by atoms with Gasteiger partial charge in [-0.3, -0.25) is 4.98 Å². The summed E-state index contributed by atoms with van der Waals surface area (Å²) < 4.78 is 5.52. The van der Waals surface area contributed by atoms with E-state index in [0.29, 0.717) is 11.1 Å². The minimum absolute atomic E-state index is 0.125. The number of anilines is 1. The number of nitrogens with one attached hydrogen (secondary N) is 1. The zero-order valence-corrected chi connectivity index (χ0v) is 12.4. The summed E-state index contributed by atoms with van der Waals surface area (Å²) in [6, 6.07) is 0. The summed E-state index contributed by atoms with van der Waals surface area (Å²) in [5, 5.41) is 4.01. The molecule has 1 unspecified atom stereocenters. The van der Waals surface area contributed by atoms with Gasteiger partial charge in [0.25, 0.3) is 0 Å². The number of nitrogens with zero attached hydrogens (tertiary/aromatic N) is 2. The van der Waals surface area contributed by atoms with Crippen molar-refractivity contribution < 1.29 is 4.74 Å². The summed E-state index contributed by atoms with van der Waals surface area (Å²) in [5.74, 6) is 5.12. The van der Waals surface area contributed by atoms with Gasteiger partial charge in [-0.2, -0.15) is 28.5 Å². The lowest BCUT2D eigenvalue weighted by atomic mass is 10.4. The van der Waals surface area contributed by atoms with E-state index < -0.39 is 0 Å². The summed E-state index contributed by atoms with van der Waals surface area (Å²) in [6.07, 6.45) is 3.52. The number of rotatable bonds is 5. The molecule has 1 aromatic heterocycles. The van der Waals surface area contributed by atoms with E-state index >= 15 is 0 Å². The average Bonchev–Trinajstić information content (AvgIpc) is 2.37. The van der Waals surface area contributed by atoms with Crippen molar-refractivity contribution in [1.29, 1.82) is 0 Å². The van der Waals surface area contributed by atoms with Crippen LogP contribution < -0.4 is 10.1 Å².